The summed E-state index contributed by atoms with van der Waals surface area (Å²) in [5.41, 5.74) is 6.58. The van der Waals surface area contributed by atoms with Crippen LogP contribution in [0.4, 0.5) is 4.39 Å². The molecule has 2 N–H and O–H groups in total. The topological polar surface area (TPSA) is 35.2 Å². The maximum Gasteiger partial charge on any atom is 0.126 e. The summed E-state index contributed by atoms with van der Waals surface area (Å²) >= 11 is 5.84. The zero-order valence-corrected chi connectivity index (χ0v) is 11.0. The Morgan fingerprint density at radius 3 is 2.76 bits per heavy atom. The average Bonchev–Trinajstić information content (AvgIpc) is 2.30. The van der Waals surface area contributed by atoms with Crippen molar-refractivity contribution in [3.63, 3.8) is 0 Å². The van der Waals surface area contributed by atoms with Gasteiger partial charge in [-0.1, -0.05) is 24.9 Å². The Morgan fingerprint density at radius 1 is 1.47 bits per heavy atom. The van der Waals surface area contributed by atoms with E-state index in [9.17, 15) is 4.39 Å². The molecule has 0 aliphatic rings. The van der Waals surface area contributed by atoms with E-state index in [4.69, 9.17) is 22.1 Å². The van der Waals surface area contributed by atoms with E-state index in [0.29, 0.717) is 17.0 Å². The zero-order chi connectivity index (χ0) is 12.8. The minimum absolute atomic E-state index is 0.0432. The van der Waals surface area contributed by atoms with Gasteiger partial charge in [-0.25, -0.2) is 4.39 Å². The Labute approximate surface area is 107 Å². The third kappa shape index (κ3) is 4.26. The van der Waals surface area contributed by atoms with E-state index >= 15 is 0 Å². The molecule has 4 heteroatoms. The predicted molar refractivity (Wildman–Crippen MR) is 68.8 cm³/mol. The molecule has 0 fully saturated rings. The second-order valence-electron chi connectivity index (χ2n) is 4.17. The highest BCUT2D eigenvalue weighted by Gasteiger charge is 2.18. The number of rotatable bonds is 6. The molecule has 0 spiro atoms. The molecule has 96 valence electrons. The molecule has 0 radical (unpaired) electrons. The largest absolute Gasteiger partial charge is 0.380 e. The van der Waals surface area contributed by atoms with Crippen molar-refractivity contribution in [1.29, 1.82) is 0 Å². The van der Waals surface area contributed by atoms with Crippen molar-refractivity contribution >= 4 is 11.6 Å². The van der Waals surface area contributed by atoms with Crippen LogP contribution < -0.4 is 5.73 Å². The van der Waals surface area contributed by atoms with Gasteiger partial charge in [0.15, 0.2) is 0 Å². The number of hydrogen-bond donors (Lipinski definition) is 1. The van der Waals surface area contributed by atoms with Crippen LogP contribution in [0.3, 0.4) is 0 Å². The summed E-state index contributed by atoms with van der Waals surface area (Å²) in [6, 6.07) is 4.31. The van der Waals surface area contributed by atoms with Crippen molar-refractivity contribution < 1.29 is 9.13 Å². The van der Waals surface area contributed by atoms with Gasteiger partial charge in [-0.15, -0.1) is 0 Å². The Bertz CT molecular complexity index is 359. The van der Waals surface area contributed by atoms with Crippen LogP contribution in [0.2, 0.25) is 5.02 Å². The van der Waals surface area contributed by atoms with Crippen molar-refractivity contribution in [3.05, 3.63) is 34.6 Å². The Balaban J connectivity index is 2.72. The Kier molecular flexibility index (Phi) is 5.89. The van der Waals surface area contributed by atoms with Gasteiger partial charge in [0.05, 0.1) is 6.10 Å². The summed E-state index contributed by atoms with van der Waals surface area (Å²) in [5, 5.41) is 0.526. The van der Waals surface area contributed by atoms with Crippen LogP contribution in [0.15, 0.2) is 18.2 Å². The first kappa shape index (κ1) is 14.4. The molecule has 0 amide bonds. The zero-order valence-electron chi connectivity index (χ0n) is 10.2. The molecule has 0 aliphatic heterocycles. The molecule has 17 heavy (non-hydrogen) atoms. The molecule has 2 atom stereocenters. The number of hydrogen-bond acceptors (Lipinski definition) is 2. The van der Waals surface area contributed by atoms with Gasteiger partial charge in [0.25, 0.3) is 0 Å². The van der Waals surface area contributed by atoms with E-state index < -0.39 is 0 Å². The van der Waals surface area contributed by atoms with Crippen LogP contribution >= 0.6 is 11.6 Å². The molecule has 0 aliphatic carbocycles. The maximum atomic E-state index is 13.5. The van der Waals surface area contributed by atoms with Crippen molar-refractivity contribution in [3.8, 4) is 0 Å². The molecule has 1 aromatic carbocycles. The lowest BCUT2D eigenvalue weighted by molar-refractivity contribution is 0.0724. The van der Waals surface area contributed by atoms with Gasteiger partial charge in [-0.05, 0) is 36.6 Å². The molecule has 0 saturated heterocycles. The predicted octanol–water partition coefficient (Wildman–Crippen LogP) is 3.16. The first-order valence-electron chi connectivity index (χ1n) is 5.80. The molecule has 0 bridgehead atoms. The molecule has 2 unspecified atom stereocenters. The summed E-state index contributed by atoms with van der Waals surface area (Å²) in [6.45, 7) is 2.07. The SMILES string of the molecule is CCCC(OC)C(N)Cc1cc(Cl)ccc1F. The molecule has 1 rings (SSSR count). The van der Waals surface area contributed by atoms with Gasteiger partial charge in [-0.3, -0.25) is 0 Å². The van der Waals surface area contributed by atoms with Crippen molar-refractivity contribution in [1.82, 2.24) is 0 Å². The quantitative estimate of drug-likeness (QED) is 0.852. The number of methoxy groups -OCH3 is 1. The molecule has 0 aromatic heterocycles. The third-order valence-electron chi connectivity index (χ3n) is 2.82. The van der Waals surface area contributed by atoms with Gasteiger partial charge in [-0.2, -0.15) is 0 Å². The summed E-state index contributed by atoms with van der Waals surface area (Å²) < 4.78 is 18.8. The monoisotopic (exact) mass is 259 g/mol. The standard InChI is InChI=1S/C13H19ClFNO/c1-3-4-13(17-2)12(16)8-9-7-10(14)5-6-11(9)15/h5-7,12-13H,3-4,8,16H2,1-2H3. The highest BCUT2D eigenvalue weighted by Crippen LogP contribution is 2.18. The van der Waals surface area contributed by atoms with Crippen LogP contribution in [0.25, 0.3) is 0 Å². The van der Waals surface area contributed by atoms with E-state index in [0.717, 1.165) is 12.8 Å². The average molecular weight is 260 g/mol. The smallest absolute Gasteiger partial charge is 0.126 e. The molecule has 1 aromatic rings. The van der Waals surface area contributed by atoms with Gasteiger partial charge in [0.1, 0.15) is 5.82 Å². The molecular formula is C13H19ClFNO. The van der Waals surface area contributed by atoms with E-state index in [2.05, 4.69) is 6.92 Å². The summed E-state index contributed by atoms with van der Waals surface area (Å²) in [6.07, 6.45) is 2.26. The first-order valence-corrected chi connectivity index (χ1v) is 6.18. The van der Waals surface area contributed by atoms with Crippen molar-refractivity contribution in [2.75, 3.05) is 7.11 Å². The normalized spacial score (nSPS) is 14.6. The van der Waals surface area contributed by atoms with Crippen LogP contribution in [-0.4, -0.2) is 19.3 Å². The highest BCUT2D eigenvalue weighted by molar-refractivity contribution is 6.30. The van der Waals surface area contributed by atoms with E-state index in [1.165, 1.54) is 12.1 Å². The van der Waals surface area contributed by atoms with Crippen LogP contribution in [0.1, 0.15) is 25.3 Å². The number of nitrogens with two attached hydrogens (primary N) is 1. The fourth-order valence-corrected chi connectivity index (χ4v) is 2.07. The van der Waals surface area contributed by atoms with Gasteiger partial charge >= 0.3 is 0 Å². The van der Waals surface area contributed by atoms with E-state index in [-0.39, 0.29) is 18.0 Å². The first-order chi connectivity index (χ1) is 8.08. The lowest BCUT2D eigenvalue weighted by Crippen LogP contribution is -2.38. The van der Waals surface area contributed by atoms with Crippen molar-refractivity contribution in [2.45, 2.75) is 38.3 Å². The van der Waals surface area contributed by atoms with Crippen LogP contribution in [-0.2, 0) is 11.2 Å². The van der Waals surface area contributed by atoms with Crippen LogP contribution in [0.5, 0.6) is 0 Å². The van der Waals surface area contributed by atoms with Gasteiger partial charge in [0, 0.05) is 18.2 Å². The maximum absolute atomic E-state index is 13.5. The minimum Gasteiger partial charge on any atom is -0.380 e. The summed E-state index contributed by atoms with van der Waals surface area (Å²) in [4.78, 5) is 0. The van der Waals surface area contributed by atoms with E-state index in [1.54, 1.807) is 13.2 Å². The number of ether oxygens (including phenoxy) is 1. The lowest BCUT2D eigenvalue weighted by atomic mass is 9.99. The summed E-state index contributed by atoms with van der Waals surface area (Å²) in [5.74, 6) is -0.267. The molecular weight excluding hydrogens is 241 g/mol. The van der Waals surface area contributed by atoms with E-state index in [1.807, 2.05) is 0 Å². The minimum atomic E-state index is -0.267. The lowest BCUT2D eigenvalue weighted by Gasteiger charge is -2.22. The second kappa shape index (κ2) is 6.94. The fraction of sp³-hybridized carbons (Fsp3) is 0.538. The third-order valence-corrected chi connectivity index (χ3v) is 3.05. The molecule has 0 heterocycles. The molecule has 0 saturated carbocycles. The highest BCUT2D eigenvalue weighted by atomic mass is 35.5. The second-order valence-corrected chi connectivity index (χ2v) is 4.60. The molecule has 2 nitrogen and oxygen atoms in total. The Morgan fingerprint density at radius 2 is 2.18 bits per heavy atom. The van der Waals surface area contributed by atoms with Crippen LogP contribution in [0, 0.1) is 5.82 Å². The fourth-order valence-electron chi connectivity index (χ4n) is 1.88. The Hall–Kier alpha value is -0.640. The van der Waals surface area contributed by atoms with Gasteiger partial charge < -0.3 is 10.5 Å². The van der Waals surface area contributed by atoms with Gasteiger partial charge in [0.2, 0.25) is 0 Å². The number of benzene rings is 1. The van der Waals surface area contributed by atoms with Crippen molar-refractivity contribution in [2.24, 2.45) is 5.73 Å². The summed E-state index contributed by atoms with van der Waals surface area (Å²) in [7, 11) is 1.63. The number of halogens is 2.